The van der Waals surface area contributed by atoms with E-state index < -0.39 is 10.0 Å². The Morgan fingerprint density at radius 3 is 2.28 bits per heavy atom. The Labute approximate surface area is 175 Å². The quantitative estimate of drug-likeness (QED) is 0.583. The fraction of sp³-hybridized carbons (Fsp3) is 0.136. The largest absolute Gasteiger partial charge is 0.346 e. The molecule has 1 amide bonds. The van der Waals surface area contributed by atoms with Crippen molar-refractivity contribution < 1.29 is 13.2 Å². The van der Waals surface area contributed by atoms with E-state index >= 15 is 0 Å². The smallest absolute Gasteiger partial charge is 0.261 e. The van der Waals surface area contributed by atoms with Gasteiger partial charge in [0.05, 0.1) is 16.6 Å². The molecule has 0 saturated heterocycles. The molecule has 3 aromatic carbocycles. The van der Waals surface area contributed by atoms with Gasteiger partial charge in [0, 0.05) is 10.6 Å². The van der Waals surface area contributed by atoms with Crippen LogP contribution < -0.4 is 10.0 Å². The number of halogens is 1. The van der Waals surface area contributed by atoms with Crippen LogP contribution in [-0.4, -0.2) is 14.3 Å². The Morgan fingerprint density at radius 1 is 0.966 bits per heavy atom. The molecule has 0 heterocycles. The van der Waals surface area contributed by atoms with Crippen LogP contribution in [0.1, 0.15) is 34.5 Å². The zero-order valence-electron chi connectivity index (χ0n) is 16.0. The van der Waals surface area contributed by atoms with Crippen molar-refractivity contribution in [3.8, 4) is 0 Å². The number of rotatable bonds is 6. The average molecular weight is 429 g/mol. The highest BCUT2D eigenvalue weighted by Crippen LogP contribution is 2.23. The molecule has 0 saturated carbocycles. The van der Waals surface area contributed by atoms with E-state index in [9.17, 15) is 13.2 Å². The standard InChI is InChI=1S/C22H21ClN2O3S/c1-15-8-9-18(22(26)24-16(2)17-6-4-3-5-7-17)14-21(15)25-29(27,28)20-12-10-19(23)11-13-20/h3-14,16,25H,1-2H3,(H,24,26)/t16-/m1/s1. The second-order valence-corrected chi connectivity index (χ2v) is 8.81. The molecule has 29 heavy (non-hydrogen) atoms. The molecule has 0 unspecified atom stereocenters. The molecule has 3 rings (SSSR count). The van der Waals surface area contributed by atoms with E-state index in [1.54, 1.807) is 19.1 Å². The van der Waals surface area contributed by atoms with Gasteiger partial charge >= 0.3 is 0 Å². The minimum absolute atomic E-state index is 0.0915. The lowest BCUT2D eigenvalue weighted by Gasteiger charge is -2.16. The predicted molar refractivity (Wildman–Crippen MR) is 116 cm³/mol. The van der Waals surface area contributed by atoms with Crippen molar-refractivity contribution in [1.82, 2.24) is 5.32 Å². The summed E-state index contributed by atoms with van der Waals surface area (Å²) in [7, 11) is -3.80. The molecule has 0 spiro atoms. The van der Waals surface area contributed by atoms with E-state index in [0.29, 0.717) is 21.8 Å². The van der Waals surface area contributed by atoms with Crippen molar-refractivity contribution >= 4 is 33.2 Å². The highest BCUT2D eigenvalue weighted by Gasteiger charge is 2.17. The summed E-state index contributed by atoms with van der Waals surface area (Å²) in [6.45, 7) is 3.67. The number of benzene rings is 3. The summed E-state index contributed by atoms with van der Waals surface area (Å²) < 4.78 is 27.9. The molecule has 0 bridgehead atoms. The van der Waals surface area contributed by atoms with Crippen molar-refractivity contribution in [3.63, 3.8) is 0 Å². The van der Waals surface area contributed by atoms with Crippen LogP contribution in [0, 0.1) is 6.92 Å². The van der Waals surface area contributed by atoms with E-state index in [1.165, 1.54) is 30.3 Å². The second-order valence-electron chi connectivity index (χ2n) is 6.69. The van der Waals surface area contributed by atoms with Crippen molar-refractivity contribution in [3.05, 3.63) is 94.5 Å². The van der Waals surface area contributed by atoms with Gasteiger partial charge in [0.25, 0.3) is 15.9 Å². The molecule has 0 aliphatic rings. The van der Waals surface area contributed by atoms with Crippen LogP contribution in [-0.2, 0) is 10.0 Å². The first kappa shape index (κ1) is 20.9. The summed E-state index contributed by atoms with van der Waals surface area (Å²) >= 11 is 5.83. The number of carbonyl (C=O) groups is 1. The summed E-state index contributed by atoms with van der Waals surface area (Å²) in [4.78, 5) is 12.8. The Kier molecular flexibility index (Phi) is 6.25. The Balaban J connectivity index is 1.80. The Bertz CT molecular complexity index is 1110. The number of sulfonamides is 1. The number of amides is 1. The second kappa shape index (κ2) is 8.68. The Morgan fingerprint density at radius 2 is 1.62 bits per heavy atom. The van der Waals surface area contributed by atoms with Crippen LogP contribution in [0.3, 0.4) is 0 Å². The van der Waals surface area contributed by atoms with E-state index in [4.69, 9.17) is 11.6 Å². The minimum Gasteiger partial charge on any atom is -0.346 e. The molecular formula is C22H21ClN2O3S. The van der Waals surface area contributed by atoms with E-state index in [-0.39, 0.29) is 16.8 Å². The molecule has 0 aliphatic carbocycles. The zero-order chi connectivity index (χ0) is 21.0. The normalized spacial score (nSPS) is 12.2. The van der Waals surface area contributed by atoms with Crippen LogP contribution in [0.2, 0.25) is 5.02 Å². The van der Waals surface area contributed by atoms with Gasteiger partial charge in [-0.15, -0.1) is 0 Å². The number of hydrogen-bond donors (Lipinski definition) is 2. The summed E-state index contributed by atoms with van der Waals surface area (Å²) in [5, 5.41) is 3.38. The van der Waals surface area contributed by atoms with Gasteiger partial charge in [-0.3, -0.25) is 9.52 Å². The number of nitrogens with one attached hydrogen (secondary N) is 2. The van der Waals surface area contributed by atoms with Crippen molar-refractivity contribution in [2.45, 2.75) is 24.8 Å². The molecule has 3 aromatic rings. The van der Waals surface area contributed by atoms with Gasteiger partial charge in [-0.05, 0) is 61.4 Å². The zero-order valence-corrected chi connectivity index (χ0v) is 17.6. The first-order chi connectivity index (χ1) is 13.8. The number of hydrogen-bond acceptors (Lipinski definition) is 3. The van der Waals surface area contributed by atoms with E-state index in [2.05, 4.69) is 10.0 Å². The van der Waals surface area contributed by atoms with Crippen LogP contribution in [0.25, 0.3) is 0 Å². The third-order valence-corrected chi connectivity index (χ3v) is 6.15. The number of anilines is 1. The van der Waals surface area contributed by atoms with Gasteiger partial charge in [-0.2, -0.15) is 0 Å². The SMILES string of the molecule is Cc1ccc(C(=O)N[C@H](C)c2ccccc2)cc1NS(=O)(=O)c1ccc(Cl)cc1. The molecular weight excluding hydrogens is 408 g/mol. The topological polar surface area (TPSA) is 75.3 Å². The molecule has 0 radical (unpaired) electrons. The fourth-order valence-corrected chi connectivity index (χ4v) is 4.04. The fourth-order valence-electron chi connectivity index (χ4n) is 2.80. The van der Waals surface area contributed by atoms with Crippen LogP contribution in [0.15, 0.2) is 77.7 Å². The summed E-state index contributed by atoms with van der Waals surface area (Å²) in [5.41, 5.74) is 2.40. The highest BCUT2D eigenvalue weighted by atomic mass is 35.5. The lowest BCUT2D eigenvalue weighted by Crippen LogP contribution is -2.26. The third kappa shape index (κ3) is 5.16. The van der Waals surface area contributed by atoms with Gasteiger partial charge in [0.1, 0.15) is 0 Å². The minimum atomic E-state index is -3.80. The first-order valence-corrected chi connectivity index (χ1v) is 10.9. The maximum atomic E-state index is 12.7. The summed E-state index contributed by atoms with van der Waals surface area (Å²) in [6, 6.07) is 20.2. The maximum absolute atomic E-state index is 12.7. The van der Waals surface area contributed by atoms with Gasteiger partial charge < -0.3 is 5.32 Å². The average Bonchev–Trinajstić information content (AvgIpc) is 2.70. The van der Waals surface area contributed by atoms with Crippen molar-refractivity contribution in [1.29, 1.82) is 0 Å². The van der Waals surface area contributed by atoms with Crippen molar-refractivity contribution in [2.75, 3.05) is 4.72 Å². The third-order valence-electron chi connectivity index (χ3n) is 4.52. The number of aryl methyl sites for hydroxylation is 1. The maximum Gasteiger partial charge on any atom is 0.261 e. The molecule has 5 nitrogen and oxygen atoms in total. The predicted octanol–water partition coefficient (Wildman–Crippen LogP) is 4.94. The Hall–Kier alpha value is -2.83. The van der Waals surface area contributed by atoms with E-state index in [0.717, 1.165) is 5.56 Å². The van der Waals surface area contributed by atoms with Crippen LogP contribution in [0.4, 0.5) is 5.69 Å². The van der Waals surface area contributed by atoms with Gasteiger partial charge in [-0.25, -0.2) is 8.42 Å². The van der Waals surface area contributed by atoms with E-state index in [1.807, 2.05) is 37.3 Å². The molecule has 0 aromatic heterocycles. The summed E-state index contributed by atoms with van der Waals surface area (Å²) in [6.07, 6.45) is 0. The molecule has 1 atom stereocenters. The highest BCUT2D eigenvalue weighted by molar-refractivity contribution is 7.92. The van der Waals surface area contributed by atoms with Gasteiger partial charge in [-0.1, -0.05) is 48.0 Å². The molecule has 0 fully saturated rings. The first-order valence-electron chi connectivity index (χ1n) is 9.01. The monoisotopic (exact) mass is 428 g/mol. The van der Waals surface area contributed by atoms with Gasteiger partial charge in [0.15, 0.2) is 0 Å². The van der Waals surface area contributed by atoms with Crippen LogP contribution in [0.5, 0.6) is 0 Å². The van der Waals surface area contributed by atoms with Crippen molar-refractivity contribution in [2.24, 2.45) is 0 Å². The van der Waals surface area contributed by atoms with Gasteiger partial charge in [0.2, 0.25) is 0 Å². The lowest BCUT2D eigenvalue weighted by molar-refractivity contribution is 0.0940. The summed E-state index contributed by atoms with van der Waals surface area (Å²) in [5.74, 6) is -0.284. The number of carbonyl (C=O) groups excluding carboxylic acids is 1. The molecule has 7 heteroatoms. The molecule has 150 valence electrons. The van der Waals surface area contributed by atoms with Crippen LogP contribution >= 0.6 is 11.6 Å². The molecule has 2 N–H and O–H groups in total. The molecule has 0 aliphatic heterocycles. The lowest BCUT2D eigenvalue weighted by atomic mass is 10.1.